The second kappa shape index (κ2) is 7.75. The molecule has 0 bridgehead atoms. The maximum Gasteiger partial charge on any atom is 0.299 e. The van der Waals surface area contributed by atoms with E-state index >= 15 is 0 Å². The van der Waals surface area contributed by atoms with Crippen LogP contribution >= 0.6 is 11.8 Å². The van der Waals surface area contributed by atoms with Crippen LogP contribution in [0, 0.1) is 20.2 Å². The van der Waals surface area contributed by atoms with E-state index in [0.29, 0.717) is 5.75 Å². The van der Waals surface area contributed by atoms with Gasteiger partial charge in [-0.05, 0) is 11.8 Å². The number of thioether (sulfide) groups is 1. The molecule has 0 spiro atoms. The third-order valence-electron chi connectivity index (χ3n) is 3.57. The van der Waals surface area contributed by atoms with Gasteiger partial charge in [0.2, 0.25) is 0 Å². The number of ether oxygens (including phenoxy) is 1. The molecule has 24 heavy (non-hydrogen) atoms. The predicted molar refractivity (Wildman–Crippen MR) is 87.0 cm³/mol. The Balaban J connectivity index is 2.31. The maximum atomic E-state index is 11.2. The van der Waals surface area contributed by atoms with Crippen molar-refractivity contribution in [1.29, 1.82) is 0 Å². The van der Waals surface area contributed by atoms with Crippen LogP contribution in [0.2, 0.25) is 0 Å². The van der Waals surface area contributed by atoms with Gasteiger partial charge in [-0.2, -0.15) is 0 Å². The molecule has 1 aromatic carbocycles. The maximum absolute atomic E-state index is 11.2. The molecule has 0 amide bonds. The highest BCUT2D eigenvalue weighted by molar-refractivity contribution is 7.99. The number of nitro groups is 2. The van der Waals surface area contributed by atoms with Gasteiger partial charge in [0.25, 0.3) is 11.4 Å². The van der Waals surface area contributed by atoms with Gasteiger partial charge >= 0.3 is 0 Å². The number of aliphatic hydroxyl groups is 2. The zero-order valence-corrected chi connectivity index (χ0v) is 13.5. The van der Waals surface area contributed by atoms with E-state index in [1.807, 2.05) is 6.92 Å². The zero-order valence-electron chi connectivity index (χ0n) is 12.7. The Morgan fingerprint density at radius 1 is 1.33 bits per heavy atom. The number of aliphatic hydroxyl groups excluding tert-OH is 2. The first kappa shape index (κ1) is 18.4. The summed E-state index contributed by atoms with van der Waals surface area (Å²) in [6, 6.07) is 2.52. The normalized spacial score (nSPS) is 26.3. The summed E-state index contributed by atoms with van der Waals surface area (Å²) in [4.78, 5) is 20.5. The van der Waals surface area contributed by atoms with Crippen molar-refractivity contribution in [3.63, 3.8) is 0 Å². The van der Waals surface area contributed by atoms with Crippen molar-refractivity contribution in [1.82, 2.24) is 0 Å². The van der Waals surface area contributed by atoms with E-state index in [1.165, 1.54) is 17.8 Å². The summed E-state index contributed by atoms with van der Waals surface area (Å²) in [6.07, 6.45) is -1.88. The van der Waals surface area contributed by atoms with Gasteiger partial charge in [-0.3, -0.25) is 20.2 Å². The molecule has 0 radical (unpaired) electrons. The summed E-state index contributed by atoms with van der Waals surface area (Å²) < 4.78 is 5.53. The van der Waals surface area contributed by atoms with E-state index in [0.717, 1.165) is 12.1 Å². The van der Waals surface area contributed by atoms with Crippen molar-refractivity contribution in [3.05, 3.63) is 38.4 Å². The third-order valence-corrected chi connectivity index (χ3v) is 4.64. The van der Waals surface area contributed by atoms with Crippen molar-refractivity contribution in [2.45, 2.75) is 30.6 Å². The lowest BCUT2D eigenvalue weighted by molar-refractivity contribution is -0.393. The summed E-state index contributed by atoms with van der Waals surface area (Å²) in [5, 5.41) is 44.3. The van der Waals surface area contributed by atoms with Crippen molar-refractivity contribution in [2.75, 3.05) is 17.7 Å². The van der Waals surface area contributed by atoms with Crippen molar-refractivity contribution in [3.8, 4) is 0 Å². The molecule has 11 heteroatoms. The fourth-order valence-corrected chi connectivity index (χ4v) is 3.41. The Labute approximate surface area is 141 Å². The Morgan fingerprint density at radius 2 is 2.04 bits per heavy atom. The third kappa shape index (κ3) is 3.75. The minimum absolute atomic E-state index is 0.0403. The molecule has 0 unspecified atom stereocenters. The molecule has 1 fully saturated rings. The lowest BCUT2D eigenvalue weighted by Gasteiger charge is -2.22. The number of nitro benzene ring substituents is 2. The molecular weight excluding hydrogens is 342 g/mol. The molecule has 0 saturated carbocycles. The number of rotatable bonds is 7. The Hall–Kier alpha value is -1.95. The lowest BCUT2D eigenvalue weighted by Crippen LogP contribution is -2.39. The van der Waals surface area contributed by atoms with E-state index in [4.69, 9.17) is 4.74 Å². The molecule has 0 aliphatic carbocycles. The van der Waals surface area contributed by atoms with Crippen LogP contribution in [0.3, 0.4) is 0 Å². The minimum Gasteiger partial charge on any atom is -0.394 e. The predicted octanol–water partition coefficient (Wildman–Crippen LogP) is 1.11. The van der Waals surface area contributed by atoms with Crippen LogP contribution in [0.5, 0.6) is 0 Å². The molecule has 1 aliphatic heterocycles. The van der Waals surface area contributed by atoms with E-state index in [9.17, 15) is 30.4 Å². The summed E-state index contributed by atoms with van der Waals surface area (Å²) in [5.74, 6) is 0.677. The van der Waals surface area contributed by atoms with Crippen LogP contribution in [0.1, 0.15) is 6.92 Å². The van der Waals surface area contributed by atoms with E-state index in [2.05, 4.69) is 5.32 Å². The molecule has 1 heterocycles. The summed E-state index contributed by atoms with van der Waals surface area (Å²) in [7, 11) is 0. The summed E-state index contributed by atoms with van der Waals surface area (Å²) >= 11 is 1.38. The smallest absolute Gasteiger partial charge is 0.299 e. The molecular formula is C13H17N3O7S. The molecule has 132 valence electrons. The topological polar surface area (TPSA) is 148 Å². The van der Waals surface area contributed by atoms with E-state index in [-0.39, 0.29) is 12.3 Å². The fourth-order valence-electron chi connectivity index (χ4n) is 2.43. The number of benzene rings is 1. The summed E-state index contributed by atoms with van der Waals surface area (Å²) in [5.41, 5.74) is -1.34. The van der Waals surface area contributed by atoms with Crippen LogP contribution in [-0.2, 0) is 4.74 Å². The minimum atomic E-state index is -1.08. The molecule has 1 aromatic rings. The van der Waals surface area contributed by atoms with Gasteiger partial charge in [-0.1, -0.05) is 6.92 Å². The molecule has 0 aromatic heterocycles. The highest BCUT2D eigenvalue weighted by Gasteiger charge is 2.44. The Bertz CT molecular complexity index is 630. The van der Waals surface area contributed by atoms with Gasteiger partial charge in [-0.25, -0.2) is 0 Å². The van der Waals surface area contributed by atoms with Gasteiger partial charge in [0.05, 0.1) is 28.6 Å². The standard InChI is InChI=1S/C13H17N3O7S/c1-2-24-13-11(12(18)10(6-17)23-13)14-8-4-3-7(15(19)20)5-9(8)16(21)22/h3-5,10-14,17-18H,2,6H2,1H3/t10-,11-,12+,13-/m0/s1. The van der Waals surface area contributed by atoms with Gasteiger partial charge in [0.15, 0.2) is 0 Å². The van der Waals surface area contributed by atoms with Crippen molar-refractivity contribution >= 4 is 28.8 Å². The Kier molecular flexibility index (Phi) is 5.94. The van der Waals surface area contributed by atoms with Gasteiger partial charge < -0.3 is 20.3 Å². The van der Waals surface area contributed by atoms with E-state index in [1.54, 1.807) is 0 Å². The monoisotopic (exact) mass is 359 g/mol. The second-order valence-corrected chi connectivity index (χ2v) is 6.43. The highest BCUT2D eigenvalue weighted by Crippen LogP contribution is 2.35. The summed E-state index contributed by atoms with van der Waals surface area (Å²) in [6.45, 7) is 1.50. The number of anilines is 1. The average Bonchev–Trinajstić information content (AvgIpc) is 2.84. The first-order valence-electron chi connectivity index (χ1n) is 7.14. The van der Waals surface area contributed by atoms with Crippen LogP contribution < -0.4 is 5.32 Å². The van der Waals surface area contributed by atoms with Gasteiger partial charge in [0.1, 0.15) is 23.3 Å². The fraction of sp³-hybridized carbons (Fsp3) is 0.538. The lowest BCUT2D eigenvalue weighted by atomic mass is 10.1. The van der Waals surface area contributed by atoms with Crippen LogP contribution in [0.4, 0.5) is 17.1 Å². The highest BCUT2D eigenvalue weighted by atomic mass is 32.2. The zero-order chi connectivity index (χ0) is 17.9. The quantitative estimate of drug-likeness (QED) is 0.481. The van der Waals surface area contributed by atoms with Gasteiger partial charge in [0, 0.05) is 6.07 Å². The number of hydrogen-bond donors (Lipinski definition) is 3. The average molecular weight is 359 g/mol. The molecule has 1 aliphatic rings. The van der Waals surface area contributed by atoms with E-state index < -0.39 is 44.9 Å². The first-order valence-corrected chi connectivity index (χ1v) is 8.19. The second-order valence-electron chi connectivity index (χ2n) is 5.06. The SMILES string of the molecule is CCS[C@@H]1O[C@@H](CO)[C@@H](O)[C@@H]1Nc1ccc([N+](=O)[O-])cc1[N+](=O)[O-]. The van der Waals surface area contributed by atoms with Crippen LogP contribution in [-0.4, -0.2) is 56.1 Å². The van der Waals surface area contributed by atoms with Crippen molar-refractivity contribution < 1.29 is 24.8 Å². The van der Waals surface area contributed by atoms with Crippen molar-refractivity contribution in [2.24, 2.45) is 0 Å². The number of hydrogen-bond acceptors (Lipinski definition) is 9. The molecule has 3 N–H and O–H groups in total. The van der Waals surface area contributed by atoms with Crippen LogP contribution in [0.25, 0.3) is 0 Å². The number of nitrogens with one attached hydrogen (secondary N) is 1. The molecule has 4 atom stereocenters. The molecule has 2 rings (SSSR count). The number of non-ortho nitro benzene ring substituents is 1. The first-order chi connectivity index (χ1) is 11.4. The van der Waals surface area contributed by atoms with Gasteiger partial charge in [-0.15, -0.1) is 11.8 Å². The molecule has 1 saturated heterocycles. The van der Waals surface area contributed by atoms with Crippen LogP contribution in [0.15, 0.2) is 18.2 Å². The largest absolute Gasteiger partial charge is 0.394 e. The number of nitrogens with zero attached hydrogens (tertiary/aromatic N) is 2. The molecule has 10 nitrogen and oxygen atoms in total. The Morgan fingerprint density at radius 3 is 2.58 bits per heavy atom.